The molecule has 0 aliphatic carbocycles. The van der Waals surface area contributed by atoms with Gasteiger partial charge in [0.25, 0.3) is 0 Å². The van der Waals surface area contributed by atoms with Crippen LogP contribution >= 0.6 is 0 Å². The number of aliphatic hydroxyl groups is 1. The summed E-state index contributed by atoms with van der Waals surface area (Å²) in [5.74, 6) is 1.53. The molecule has 1 unspecified atom stereocenters. The molecule has 0 aliphatic heterocycles. The van der Waals surface area contributed by atoms with E-state index in [1.807, 2.05) is 61.5 Å². The first-order valence-corrected chi connectivity index (χ1v) is 7.21. The van der Waals surface area contributed by atoms with Crippen LogP contribution in [-0.2, 0) is 6.61 Å². The molecule has 1 atom stereocenters. The van der Waals surface area contributed by atoms with Crippen LogP contribution < -0.4 is 9.47 Å². The van der Waals surface area contributed by atoms with E-state index in [0.717, 1.165) is 17.1 Å². The second-order valence-corrected chi connectivity index (χ2v) is 5.38. The summed E-state index contributed by atoms with van der Waals surface area (Å²) in [7, 11) is 0. The highest BCUT2D eigenvalue weighted by atomic mass is 16.5. The van der Waals surface area contributed by atoms with Gasteiger partial charge in [0.05, 0.1) is 5.60 Å². The molecule has 0 amide bonds. The molecule has 2 rings (SSSR count). The number of benzene rings is 2. The van der Waals surface area contributed by atoms with Crippen LogP contribution in [0.3, 0.4) is 0 Å². The van der Waals surface area contributed by atoms with Gasteiger partial charge in [0.15, 0.2) is 0 Å². The largest absolute Gasteiger partial charge is 0.491 e. The Balaban J connectivity index is 1.84. The zero-order valence-electron chi connectivity index (χ0n) is 12.6. The highest BCUT2D eigenvalue weighted by Gasteiger charge is 2.18. The average Bonchev–Trinajstić information content (AvgIpc) is 2.53. The summed E-state index contributed by atoms with van der Waals surface area (Å²) in [6.07, 6.45) is 0.658. The molecule has 0 aliphatic rings. The van der Waals surface area contributed by atoms with E-state index in [9.17, 15) is 5.11 Å². The van der Waals surface area contributed by atoms with Crippen molar-refractivity contribution >= 4 is 0 Å². The lowest BCUT2D eigenvalue weighted by molar-refractivity contribution is 0.00845. The Bertz CT molecular complexity index is 532. The third-order valence-corrected chi connectivity index (χ3v) is 3.38. The summed E-state index contributed by atoms with van der Waals surface area (Å²) in [6, 6.07) is 17.5. The van der Waals surface area contributed by atoms with Gasteiger partial charge in [-0.2, -0.15) is 0 Å². The fraction of sp³-hybridized carbons (Fsp3) is 0.333. The molecule has 0 aromatic heterocycles. The summed E-state index contributed by atoms with van der Waals surface area (Å²) < 4.78 is 11.3. The zero-order valence-corrected chi connectivity index (χ0v) is 12.6. The molecule has 112 valence electrons. The van der Waals surface area contributed by atoms with E-state index in [4.69, 9.17) is 9.47 Å². The van der Waals surface area contributed by atoms with Crippen LogP contribution in [0.5, 0.6) is 11.5 Å². The Labute approximate surface area is 126 Å². The topological polar surface area (TPSA) is 38.7 Å². The Morgan fingerprint density at radius 1 is 0.905 bits per heavy atom. The number of hydrogen-bond acceptors (Lipinski definition) is 3. The third kappa shape index (κ3) is 5.12. The second kappa shape index (κ2) is 7.14. The van der Waals surface area contributed by atoms with E-state index in [-0.39, 0.29) is 6.61 Å². The maximum Gasteiger partial charge on any atom is 0.120 e. The molecule has 2 aromatic carbocycles. The molecule has 0 saturated carbocycles. The minimum atomic E-state index is -0.789. The van der Waals surface area contributed by atoms with Crippen LogP contribution in [0.15, 0.2) is 54.6 Å². The first-order chi connectivity index (χ1) is 10.1. The van der Waals surface area contributed by atoms with E-state index in [2.05, 4.69) is 0 Å². The third-order valence-electron chi connectivity index (χ3n) is 3.38. The minimum absolute atomic E-state index is 0.285. The highest BCUT2D eigenvalue weighted by Crippen LogP contribution is 2.20. The lowest BCUT2D eigenvalue weighted by Gasteiger charge is -2.21. The fourth-order valence-electron chi connectivity index (χ4n) is 1.71. The van der Waals surface area contributed by atoms with Crippen LogP contribution in [0.4, 0.5) is 0 Å². The van der Waals surface area contributed by atoms with Gasteiger partial charge < -0.3 is 14.6 Å². The van der Waals surface area contributed by atoms with Gasteiger partial charge in [0, 0.05) is 0 Å². The summed E-state index contributed by atoms with van der Waals surface area (Å²) in [4.78, 5) is 0. The molecule has 0 radical (unpaired) electrons. The summed E-state index contributed by atoms with van der Waals surface area (Å²) in [5.41, 5.74) is 0.347. The van der Waals surface area contributed by atoms with Crippen LogP contribution in [0.2, 0.25) is 0 Å². The van der Waals surface area contributed by atoms with Gasteiger partial charge in [-0.25, -0.2) is 0 Å². The Hall–Kier alpha value is -2.00. The molecule has 0 bridgehead atoms. The van der Waals surface area contributed by atoms with Crippen molar-refractivity contribution in [3.8, 4) is 11.5 Å². The maximum atomic E-state index is 9.90. The molecule has 0 spiro atoms. The van der Waals surface area contributed by atoms with Gasteiger partial charge in [-0.3, -0.25) is 0 Å². The zero-order chi connectivity index (χ0) is 15.1. The number of hydrogen-bond donors (Lipinski definition) is 1. The van der Waals surface area contributed by atoms with Gasteiger partial charge in [-0.1, -0.05) is 37.3 Å². The van der Waals surface area contributed by atoms with E-state index < -0.39 is 5.60 Å². The smallest absolute Gasteiger partial charge is 0.120 e. The molecule has 2 aromatic rings. The summed E-state index contributed by atoms with van der Waals surface area (Å²) in [5, 5.41) is 9.90. The Morgan fingerprint density at radius 3 is 2.05 bits per heavy atom. The number of ether oxygens (including phenoxy) is 2. The lowest BCUT2D eigenvalue weighted by atomic mass is 10.1. The minimum Gasteiger partial charge on any atom is -0.491 e. The molecule has 3 nitrogen and oxygen atoms in total. The van der Waals surface area contributed by atoms with Gasteiger partial charge in [0.2, 0.25) is 0 Å². The van der Waals surface area contributed by atoms with Crippen LogP contribution in [0.25, 0.3) is 0 Å². The quantitative estimate of drug-likeness (QED) is 0.841. The van der Waals surface area contributed by atoms with E-state index in [1.165, 1.54) is 0 Å². The molecule has 0 fully saturated rings. The monoisotopic (exact) mass is 286 g/mol. The molecule has 21 heavy (non-hydrogen) atoms. The van der Waals surface area contributed by atoms with Crippen molar-refractivity contribution in [1.82, 2.24) is 0 Å². The summed E-state index contributed by atoms with van der Waals surface area (Å²) in [6.45, 7) is 4.54. The molecule has 1 N–H and O–H groups in total. The van der Waals surface area contributed by atoms with E-state index in [1.54, 1.807) is 6.92 Å². The van der Waals surface area contributed by atoms with Crippen molar-refractivity contribution in [2.75, 3.05) is 6.61 Å². The number of rotatable bonds is 7. The predicted molar refractivity (Wildman–Crippen MR) is 83.6 cm³/mol. The van der Waals surface area contributed by atoms with Crippen LogP contribution in [0, 0.1) is 0 Å². The molecular weight excluding hydrogens is 264 g/mol. The first-order valence-electron chi connectivity index (χ1n) is 7.21. The average molecular weight is 286 g/mol. The molecule has 0 heterocycles. The van der Waals surface area contributed by atoms with Crippen molar-refractivity contribution in [3.05, 3.63) is 60.2 Å². The van der Waals surface area contributed by atoms with Crippen molar-refractivity contribution in [1.29, 1.82) is 0 Å². The van der Waals surface area contributed by atoms with Gasteiger partial charge in [-0.05, 0) is 43.2 Å². The Morgan fingerprint density at radius 2 is 1.48 bits per heavy atom. The Kier molecular flexibility index (Phi) is 5.23. The SMILES string of the molecule is CCC(C)(O)COc1ccc(OCc2ccccc2)cc1. The molecular formula is C18H22O3. The lowest BCUT2D eigenvalue weighted by Crippen LogP contribution is -2.31. The van der Waals surface area contributed by atoms with Crippen molar-refractivity contribution in [2.45, 2.75) is 32.5 Å². The van der Waals surface area contributed by atoms with Gasteiger partial charge in [-0.15, -0.1) is 0 Å². The normalized spacial score (nSPS) is 13.5. The standard InChI is InChI=1S/C18H22O3/c1-3-18(2,19)14-21-17-11-9-16(10-12-17)20-13-15-7-5-4-6-8-15/h4-12,19H,3,13-14H2,1-2H3. The van der Waals surface area contributed by atoms with E-state index >= 15 is 0 Å². The van der Waals surface area contributed by atoms with Gasteiger partial charge >= 0.3 is 0 Å². The van der Waals surface area contributed by atoms with Crippen molar-refractivity contribution in [3.63, 3.8) is 0 Å². The van der Waals surface area contributed by atoms with Crippen LogP contribution in [-0.4, -0.2) is 17.3 Å². The second-order valence-electron chi connectivity index (χ2n) is 5.38. The first kappa shape index (κ1) is 15.4. The van der Waals surface area contributed by atoms with Crippen molar-refractivity contribution < 1.29 is 14.6 Å². The van der Waals surface area contributed by atoms with Crippen LogP contribution in [0.1, 0.15) is 25.8 Å². The van der Waals surface area contributed by atoms with E-state index in [0.29, 0.717) is 13.0 Å². The molecule has 0 saturated heterocycles. The van der Waals surface area contributed by atoms with Gasteiger partial charge in [0.1, 0.15) is 24.7 Å². The summed E-state index contributed by atoms with van der Waals surface area (Å²) >= 11 is 0. The van der Waals surface area contributed by atoms with Crippen molar-refractivity contribution in [2.24, 2.45) is 0 Å². The molecule has 3 heteroatoms. The fourth-order valence-corrected chi connectivity index (χ4v) is 1.71. The maximum absolute atomic E-state index is 9.90. The predicted octanol–water partition coefficient (Wildman–Crippen LogP) is 3.81. The highest BCUT2D eigenvalue weighted by molar-refractivity contribution is 5.31.